The second-order valence-electron chi connectivity index (χ2n) is 5.96. The van der Waals surface area contributed by atoms with E-state index in [1.54, 1.807) is 4.90 Å². The number of morpholine rings is 1. The summed E-state index contributed by atoms with van der Waals surface area (Å²) in [5, 5.41) is 12.2. The lowest BCUT2D eigenvalue weighted by Crippen LogP contribution is -2.59. The molecule has 2 aliphatic rings. The maximum absolute atomic E-state index is 12.6. The smallest absolute Gasteiger partial charge is 0.334 e. The zero-order chi connectivity index (χ0) is 14.0. The normalized spacial score (nSPS) is 30.9. The first kappa shape index (κ1) is 14.3. The Morgan fingerprint density at radius 3 is 2.79 bits per heavy atom. The number of carbonyl (C=O) groups is 2. The summed E-state index contributed by atoms with van der Waals surface area (Å²) in [5.41, 5.74) is -0.0909. The van der Waals surface area contributed by atoms with Crippen LogP contribution in [0.4, 0.5) is 0 Å². The van der Waals surface area contributed by atoms with Gasteiger partial charge in [0.25, 0.3) is 0 Å². The molecular formula is C13H22N2O4. The number of hydrogen-bond donors (Lipinski definition) is 2. The highest BCUT2D eigenvalue weighted by Crippen LogP contribution is 2.31. The van der Waals surface area contributed by atoms with E-state index in [0.29, 0.717) is 6.54 Å². The Bertz CT molecular complexity index is 370. The molecular weight excluding hydrogens is 248 g/mol. The molecule has 2 saturated heterocycles. The summed E-state index contributed by atoms with van der Waals surface area (Å²) in [7, 11) is 0. The van der Waals surface area contributed by atoms with E-state index in [9.17, 15) is 9.59 Å². The van der Waals surface area contributed by atoms with Crippen molar-refractivity contribution in [2.24, 2.45) is 5.41 Å². The zero-order valence-electron chi connectivity index (χ0n) is 11.5. The first-order valence-corrected chi connectivity index (χ1v) is 6.78. The molecule has 108 valence electrons. The molecule has 0 aromatic heterocycles. The second kappa shape index (κ2) is 5.46. The molecule has 0 radical (unpaired) electrons. The van der Waals surface area contributed by atoms with Crippen LogP contribution >= 0.6 is 0 Å². The lowest BCUT2D eigenvalue weighted by atomic mass is 9.77. The number of rotatable bonds is 2. The summed E-state index contributed by atoms with van der Waals surface area (Å²) in [5.74, 6) is -1.01. The van der Waals surface area contributed by atoms with Gasteiger partial charge in [-0.15, -0.1) is 0 Å². The maximum Gasteiger partial charge on any atom is 0.334 e. The third kappa shape index (κ3) is 3.06. The van der Waals surface area contributed by atoms with Crippen LogP contribution in [0.15, 0.2) is 0 Å². The Hall–Kier alpha value is -1.14. The van der Waals surface area contributed by atoms with Crippen molar-refractivity contribution in [3.05, 3.63) is 0 Å². The average molecular weight is 270 g/mol. The van der Waals surface area contributed by atoms with Crippen LogP contribution in [0.2, 0.25) is 0 Å². The third-order valence-electron chi connectivity index (χ3n) is 4.03. The maximum atomic E-state index is 12.6. The van der Waals surface area contributed by atoms with Crippen LogP contribution in [0.5, 0.6) is 0 Å². The summed E-state index contributed by atoms with van der Waals surface area (Å²) < 4.78 is 5.15. The van der Waals surface area contributed by atoms with E-state index < -0.39 is 12.1 Å². The van der Waals surface area contributed by atoms with Crippen molar-refractivity contribution in [3.8, 4) is 0 Å². The molecule has 0 aromatic rings. The molecule has 2 N–H and O–H groups in total. The molecule has 0 bridgehead atoms. The lowest BCUT2D eigenvalue weighted by Gasteiger charge is -2.42. The topological polar surface area (TPSA) is 78.9 Å². The van der Waals surface area contributed by atoms with Crippen LogP contribution in [-0.4, -0.2) is 60.3 Å². The van der Waals surface area contributed by atoms with E-state index in [1.165, 1.54) is 0 Å². The Morgan fingerprint density at radius 2 is 2.16 bits per heavy atom. The van der Waals surface area contributed by atoms with Gasteiger partial charge in [0.2, 0.25) is 5.91 Å². The van der Waals surface area contributed by atoms with Crippen LogP contribution in [-0.2, 0) is 14.3 Å². The van der Waals surface area contributed by atoms with Gasteiger partial charge in [0.05, 0.1) is 19.2 Å². The minimum absolute atomic E-state index is 0.000694. The van der Waals surface area contributed by atoms with Crippen LogP contribution in [0, 0.1) is 5.41 Å². The van der Waals surface area contributed by atoms with E-state index in [1.807, 2.05) is 0 Å². The molecule has 6 heteroatoms. The fraction of sp³-hybridized carbons (Fsp3) is 0.846. The molecule has 0 aromatic carbocycles. The molecule has 2 aliphatic heterocycles. The highest BCUT2D eigenvalue weighted by molar-refractivity contribution is 5.84. The van der Waals surface area contributed by atoms with Gasteiger partial charge in [-0.1, -0.05) is 13.8 Å². The van der Waals surface area contributed by atoms with E-state index in [2.05, 4.69) is 19.2 Å². The number of nitrogens with zero attached hydrogens (tertiary/aromatic N) is 1. The quantitative estimate of drug-likeness (QED) is 0.743. The minimum Gasteiger partial charge on any atom is -0.479 e. The molecule has 0 saturated carbocycles. The molecule has 1 amide bonds. The summed E-state index contributed by atoms with van der Waals surface area (Å²) in [6, 6.07) is -0.228. The van der Waals surface area contributed by atoms with Crippen LogP contribution in [0.1, 0.15) is 26.7 Å². The molecule has 2 fully saturated rings. The predicted octanol–water partition coefficient (Wildman–Crippen LogP) is 0.0766. The van der Waals surface area contributed by atoms with Crippen molar-refractivity contribution in [2.75, 3.05) is 26.2 Å². The number of ether oxygens (including phenoxy) is 1. The number of aliphatic carboxylic acids is 1. The molecule has 19 heavy (non-hydrogen) atoms. The van der Waals surface area contributed by atoms with Gasteiger partial charge in [0, 0.05) is 6.54 Å². The number of piperidine rings is 1. The van der Waals surface area contributed by atoms with Crippen molar-refractivity contribution in [1.82, 2.24) is 10.2 Å². The van der Waals surface area contributed by atoms with Gasteiger partial charge in [-0.25, -0.2) is 4.79 Å². The highest BCUT2D eigenvalue weighted by Gasteiger charge is 2.41. The Labute approximate surface area is 113 Å². The molecule has 6 nitrogen and oxygen atoms in total. The van der Waals surface area contributed by atoms with E-state index >= 15 is 0 Å². The summed E-state index contributed by atoms with van der Waals surface area (Å²) in [6.45, 7) is 5.90. The van der Waals surface area contributed by atoms with Gasteiger partial charge >= 0.3 is 5.97 Å². The van der Waals surface area contributed by atoms with Crippen LogP contribution in [0.3, 0.4) is 0 Å². The van der Waals surface area contributed by atoms with Crippen molar-refractivity contribution >= 4 is 11.9 Å². The standard InChI is InChI=1S/C13H22N2O4/c1-13(2)4-3-5-14-10(13)11(16)15-6-7-19-9(8-15)12(17)18/h9-10,14H,3-8H2,1-2H3,(H,17,18). The van der Waals surface area contributed by atoms with E-state index in [0.717, 1.165) is 19.4 Å². The minimum atomic E-state index is -1.01. The van der Waals surface area contributed by atoms with Crippen LogP contribution < -0.4 is 5.32 Å². The summed E-state index contributed by atoms with van der Waals surface area (Å²) in [6.07, 6.45) is 1.17. The number of hydrogen-bond acceptors (Lipinski definition) is 4. The van der Waals surface area contributed by atoms with E-state index in [-0.39, 0.29) is 30.5 Å². The Balaban J connectivity index is 2.04. The third-order valence-corrected chi connectivity index (χ3v) is 4.03. The molecule has 0 spiro atoms. The van der Waals surface area contributed by atoms with Gasteiger partial charge in [-0.2, -0.15) is 0 Å². The second-order valence-corrected chi connectivity index (χ2v) is 5.96. The number of nitrogens with one attached hydrogen (secondary N) is 1. The van der Waals surface area contributed by atoms with Crippen molar-refractivity contribution in [2.45, 2.75) is 38.8 Å². The largest absolute Gasteiger partial charge is 0.479 e. The number of carboxylic acid groups (broad SMARTS) is 1. The zero-order valence-corrected chi connectivity index (χ0v) is 11.5. The van der Waals surface area contributed by atoms with Crippen molar-refractivity contribution in [3.63, 3.8) is 0 Å². The van der Waals surface area contributed by atoms with Crippen molar-refractivity contribution < 1.29 is 19.4 Å². The van der Waals surface area contributed by atoms with Crippen molar-refractivity contribution in [1.29, 1.82) is 0 Å². The first-order valence-electron chi connectivity index (χ1n) is 6.78. The highest BCUT2D eigenvalue weighted by atomic mass is 16.5. The molecule has 2 heterocycles. The van der Waals surface area contributed by atoms with E-state index in [4.69, 9.17) is 9.84 Å². The van der Waals surface area contributed by atoms with Gasteiger partial charge in [-0.05, 0) is 24.8 Å². The number of carbonyl (C=O) groups excluding carboxylic acids is 1. The van der Waals surface area contributed by atoms with Crippen LogP contribution in [0.25, 0.3) is 0 Å². The number of carboxylic acids is 1. The fourth-order valence-electron chi connectivity index (χ4n) is 2.81. The predicted molar refractivity (Wildman–Crippen MR) is 68.8 cm³/mol. The fourth-order valence-corrected chi connectivity index (χ4v) is 2.81. The van der Waals surface area contributed by atoms with Gasteiger partial charge < -0.3 is 20.1 Å². The SMILES string of the molecule is CC1(C)CCCNC1C(=O)N1CCOC(C(=O)O)C1. The lowest BCUT2D eigenvalue weighted by molar-refractivity contribution is -0.161. The summed E-state index contributed by atoms with van der Waals surface area (Å²) in [4.78, 5) is 25.1. The Morgan fingerprint density at radius 1 is 1.42 bits per heavy atom. The monoisotopic (exact) mass is 270 g/mol. The molecule has 0 aliphatic carbocycles. The molecule has 2 atom stereocenters. The van der Waals surface area contributed by atoms with Gasteiger partial charge in [0.1, 0.15) is 0 Å². The summed E-state index contributed by atoms with van der Waals surface area (Å²) >= 11 is 0. The molecule has 2 unspecified atom stereocenters. The number of amides is 1. The first-order chi connectivity index (χ1) is 8.92. The van der Waals surface area contributed by atoms with Gasteiger partial charge in [0.15, 0.2) is 6.10 Å². The molecule has 2 rings (SSSR count). The average Bonchev–Trinajstić information content (AvgIpc) is 2.37. The Kier molecular flexibility index (Phi) is 4.10. The van der Waals surface area contributed by atoms with Gasteiger partial charge in [-0.3, -0.25) is 4.79 Å².